The Morgan fingerprint density at radius 1 is 1.08 bits per heavy atom. The van der Waals surface area contributed by atoms with Crippen molar-refractivity contribution in [2.24, 2.45) is 0 Å². The van der Waals surface area contributed by atoms with Crippen LogP contribution in [0, 0.1) is 6.92 Å². The van der Waals surface area contributed by atoms with Crippen LogP contribution in [0.4, 0.5) is 18.9 Å². The fourth-order valence-corrected chi connectivity index (χ4v) is 2.22. The number of hydrogen-bond acceptors (Lipinski definition) is 5. The van der Waals surface area contributed by atoms with E-state index in [9.17, 15) is 13.2 Å². The topological polar surface area (TPSA) is 60.2 Å². The standard InChI is InChI=1S/C18H16F3N3O2/c1-12-6-8-13(9-7-12)17-23-16(26-24-17)10-22-14-4-2-3-5-15(14)25-11-18(19,20)21/h2-9,22H,10-11H2,1H3. The predicted molar refractivity (Wildman–Crippen MR) is 89.8 cm³/mol. The molecule has 0 spiro atoms. The monoisotopic (exact) mass is 363 g/mol. The van der Waals surface area contributed by atoms with E-state index in [2.05, 4.69) is 15.5 Å². The van der Waals surface area contributed by atoms with Crippen LogP contribution in [0.2, 0.25) is 0 Å². The van der Waals surface area contributed by atoms with E-state index in [4.69, 9.17) is 9.26 Å². The lowest BCUT2D eigenvalue weighted by Gasteiger charge is -2.13. The molecule has 0 aliphatic heterocycles. The first kappa shape index (κ1) is 17.8. The van der Waals surface area contributed by atoms with E-state index in [1.807, 2.05) is 31.2 Å². The van der Waals surface area contributed by atoms with Gasteiger partial charge in [-0.25, -0.2) is 0 Å². The van der Waals surface area contributed by atoms with E-state index in [1.54, 1.807) is 18.2 Å². The summed E-state index contributed by atoms with van der Waals surface area (Å²) in [6, 6.07) is 14.0. The number of ether oxygens (including phenoxy) is 1. The molecule has 2 aromatic carbocycles. The molecule has 0 unspecified atom stereocenters. The van der Waals surface area contributed by atoms with Crippen LogP contribution in [-0.4, -0.2) is 22.9 Å². The molecule has 0 saturated heterocycles. The molecule has 5 nitrogen and oxygen atoms in total. The van der Waals surface area contributed by atoms with Gasteiger partial charge in [0.1, 0.15) is 5.75 Å². The summed E-state index contributed by atoms with van der Waals surface area (Å²) in [5, 5.41) is 6.86. The maximum absolute atomic E-state index is 12.3. The van der Waals surface area contributed by atoms with Crippen molar-refractivity contribution in [2.75, 3.05) is 11.9 Å². The second-order valence-corrected chi connectivity index (χ2v) is 5.63. The zero-order chi connectivity index (χ0) is 18.6. The average Bonchev–Trinajstić information content (AvgIpc) is 3.08. The molecule has 0 radical (unpaired) electrons. The molecule has 3 rings (SSSR count). The number of rotatable bonds is 6. The van der Waals surface area contributed by atoms with E-state index >= 15 is 0 Å². The van der Waals surface area contributed by atoms with Gasteiger partial charge in [-0.3, -0.25) is 0 Å². The highest BCUT2D eigenvalue weighted by Crippen LogP contribution is 2.27. The third kappa shape index (κ3) is 4.75. The average molecular weight is 363 g/mol. The van der Waals surface area contributed by atoms with E-state index < -0.39 is 12.8 Å². The number of nitrogens with one attached hydrogen (secondary N) is 1. The van der Waals surface area contributed by atoms with Gasteiger partial charge in [-0.1, -0.05) is 47.1 Å². The summed E-state index contributed by atoms with van der Waals surface area (Å²) in [5.74, 6) is 0.859. The Morgan fingerprint density at radius 2 is 1.81 bits per heavy atom. The van der Waals surface area contributed by atoms with Crippen LogP contribution in [0.15, 0.2) is 53.1 Å². The summed E-state index contributed by atoms with van der Waals surface area (Å²) in [6.45, 7) is 0.780. The minimum atomic E-state index is -4.40. The second-order valence-electron chi connectivity index (χ2n) is 5.63. The minimum absolute atomic E-state index is 0.100. The van der Waals surface area contributed by atoms with Gasteiger partial charge in [-0.2, -0.15) is 18.2 Å². The smallest absolute Gasteiger partial charge is 0.422 e. The van der Waals surface area contributed by atoms with Gasteiger partial charge in [-0.15, -0.1) is 0 Å². The van der Waals surface area contributed by atoms with Crippen LogP contribution >= 0.6 is 0 Å². The van der Waals surface area contributed by atoms with E-state index in [-0.39, 0.29) is 12.3 Å². The summed E-state index contributed by atoms with van der Waals surface area (Å²) in [7, 11) is 0. The van der Waals surface area contributed by atoms with Gasteiger partial charge in [0, 0.05) is 5.56 Å². The molecule has 0 fully saturated rings. The molecule has 1 heterocycles. The number of aromatic nitrogens is 2. The van der Waals surface area contributed by atoms with Crippen LogP contribution in [-0.2, 0) is 6.54 Å². The Balaban J connectivity index is 1.65. The van der Waals surface area contributed by atoms with E-state index in [1.165, 1.54) is 6.07 Å². The largest absolute Gasteiger partial charge is 0.482 e. The lowest BCUT2D eigenvalue weighted by atomic mass is 10.1. The molecule has 3 aromatic rings. The number of benzene rings is 2. The number of nitrogens with zero attached hydrogens (tertiary/aromatic N) is 2. The van der Waals surface area contributed by atoms with Crippen LogP contribution in [0.3, 0.4) is 0 Å². The zero-order valence-electron chi connectivity index (χ0n) is 13.9. The Morgan fingerprint density at radius 3 is 2.54 bits per heavy atom. The molecule has 0 aliphatic carbocycles. The van der Waals surface area contributed by atoms with Crippen molar-refractivity contribution in [2.45, 2.75) is 19.6 Å². The van der Waals surface area contributed by atoms with Crippen LogP contribution in [0.25, 0.3) is 11.4 Å². The molecule has 0 saturated carbocycles. The molecule has 0 atom stereocenters. The molecule has 0 amide bonds. The number of alkyl halides is 3. The van der Waals surface area contributed by atoms with Crippen LogP contribution in [0.1, 0.15) is 11.5 Å². The highest BCUT2D eigenvalue weighted by molar-refractivity contribution is 5.57. The maximum Gasteiger partial charge on any atom is 0.422 e. The quantitative estimate of drug-likeness (QED) is 0.694. The van der Waals surface area contributed by atoms with E-state index in [0.717, 1.165) is 11.1 Å². The highest BCUT2D eigenvalue weighted by Gasteiger charge is 2.28. The summed E-state index contributed by atoms with van der Waals surface area (Å²) < 4.78 is 47.0. The molecule has 136 valence electrons. The Kier molecular flexibility index (Phi) is 5.11. The van der Waals surface area contributed by atoms with Gasteiger partial charge in [-0.05, 0) is 19.1 Å². The van der Waals surface area contributed by atoms with Crippen molar-refractivity contribution in [3.8, 4) is 17.1 Å². The van der Waals surface area contributed by atoms with E-state index in [0.29, 0.717) is 17.4 Å². The lowest BCUT2D eigenvalue weighted by Crippen LogP contribution is -2.19. The van der Waals surface area contributed by atoms with Gasteiger partial charge in [0.2, 0.25) is 11.7 Å². The number of hydrogen-bond donors (Lipinski definition) is 1. The lowest BCUT2D eigenvalue weighted by molar-refractivity contribution is -0.153. The summed E-state index contributed by atoms with van der Waals surface area (Å²) in [4.78, 5) is 4.28. The third-order valence-electron chi connectivity index (χ3n) is 3.49. The van der Waals surface area contributed by atoms with Gasteiger partial charge in [0.05, 0.1) is 12.2 Å². The molecular weight excluding hydrogens is 347 g/mol. The van der Waals surface area contributed by atoms with Crippen molar-refractivity contribution in [3.63, 3.8) is 0 Å². The van der Waals surface area contributed by atoms with Crippen molar-refractivity contribution >= 4 is 5.69 Å². The molecule has 1 aromatic heterocycles. The summed E-state index contributed by atoms with van der Waals surface area (Å²) >= 11 is 0. The fraction of sp³-hybridized carbons (Fsp3) is 0.222. The Labute approximate surface area is 147 Å². The highest BCUT2D eigenvalue weighted by atomic mass is 19.4. The normalized spacial score (nSPS) is 11.4. The van der Waals surface area contributed by atoms with Crippen LogP contribution in [0.5, 0.6) is 5.75 Å². The Bertz CT molecular complexity index is 861. The molecule has 26 heavy (non-hydrogen) atoms. The first-order valence-corrected chi connectivity index (χ1v) is 7.83. The first-order chi connectivity index (χ1) is 12.4. The van der Waals surface area contributed by atoms with Gasteiger partial charge in [0.25, 0.3) is 0 Å². The maximum atomic E-state index is 12.3. The molecule has 1 N–H and O–H groups in total. The van der Waals surface area contributed by atoms with Crippen molar-refractivity contribution in [1.82, 2.24) is 10.1 Å². The summed E-state index contributed by atoms with van der Waals surface area (Å²) in [5.41, 5.74) is 2.35. The molecule has 0 aliphatic rings. The van der Waals surface area contributed by atoms with Gasteiger partial charge < -0.3 is 14.6 Å². The number of aryl methyl sites for hydroxylation is 1. The molecular formula is C18H16F3N3O2. The zero-order valence-corrected chi connectivity index (χ0v) is 13.9. The van der Waals surface area contributed by atoms with Crippen LogP contribution < -0.4 is 10.1 Å². The number of halogens is 3. The molecule has 0 bridgehead atoms. The van der Waals surface area contributed by atoms with Crippen molar-refractivity contribution in [3.05, 3.63) is 60.0 Å². The van der Waals surface area contributed by atoms with Gasteiger partial charge >= 0.3 is 6.18 Å². The second kappa shape index (κ2) is 7.47. The third-order valence-corrected chi connectivity index (χ3v) is 3.49. The van der Waals surface area contributed by atoms with Crippen molar-refractivity contribution < 1.29 is 22.4 Å². The fourth-order valence-electron chi connectivity index (χ4n) is 2.22. The first-order valence-electron chi connectivity index (χ1n) is 7.83. The Hall–Kier alpha value is -3.03. The van der Waals surface area contributed by atoms with Crippen molar-refractivity contribution in [1.29, 1.82) is 0 Å². The number of para-hydroxylation sites is 2. The minimum Gasteiger partial charge on any atom is -0.482 e. The SMILES string of the molecule is Cc1ccc(-c2noc(CNc3ccccc3OCC(F)(F)F)n2)cc1. The van der Waals surface area contributed by atoms with Gasteiger partial charge in [0.15, 0.2) is 6.61 Å². The predicted octanol–water partition coefficient (Wildman–Crippen LogP) is 4.60. The molecule has 8 heteroatoms. The number of anilines is 1. The summed E-state index contributed by atoms with van der Waals surface area (Å²) in [6.07, 6.45) is -4.40.